The third-order valence-electron chi connectivity index (χ3n) is 4.46. The maximum Gasteiger partial charge on any atom is 0.229 e. The number of rotatable bonds is 2. The lowest BCUT2D eigenvalue weighted by molar-refractivity contribution is -0.144. The van der Waals surface area contributed by atoms with Crippen LogP contribution in [-0.2, 0) is 9.59 Å². The van der Waals surface area contributed by atoms with Gasteiger partial charge >= 0.3 is 0 Å². The van der Waals surface area contributed by atoms with Crippen molar-refractivity contribution in [2.75, 3.05) is 40.3 Å². The monoisotopic (exact) mass is 267 g/mol. The van der Waals surface area contributed by atoms with Gasteiger partial charge in [-0.1, -0.05) is 0 Å². The molecule has 0 aromatic heterocycles. The summed E-state index contributed by atoms with van der Waals surface area (Å²) >= 11 is 0. The zero-order valence-corrected chi connectivity index (χ0v) is 12.2. The third-order valence-corrected chi connectivity index (χ3v) is 4.46. The van der Waals surface area contributed by atoms with Crippen molar-refractivity contribution in [2.24, 2.45) is 11.3 Å². The van der Waals surface area contributed by atoms with Gasteiger partial charge in [-0.2, -0.15) is 0 Å². The predicted octanol–water partition coefficient (Wildman–Crippen LogP) is 0.313. The summed E-state index contributed by atoms with van der Waals surface area (Å²) in [6.07, 6.45) is 2.51. The van der Waals surface area contributed by atoms with E-state index in [1.54, 1.807) is 19.0 Å². The third kappa shape index (κ3) is 2.91. The standard InChI is InChI=1S/C14H25N3O2/c1-14(6-7-15-10-14)13(19)17-8-4-11(5-9-17)12(18)16(2)3/h11,15H,4-10H2,1-3H3. The van der Waals surface area contributed by atoms with Crippen LogP contribution in [0, 0.1) is 11.3 Å². The van der Waals surface area contributed by atoms with Crippen molar-refractivity contribution in [1.29, 1.82) is 0 Å². The Bertz CT molecular complexity index is 354. The maximum absolute atomic E-state index is 12.5. The van der Waals surface area contributed by atoms with Crippen LogP contribution in [0.5, 0.6) is 0 Å². The number of amides is 2. The normalized spacial score (nSPS) is 28.5. The van der Waals surface area contributed by atoms with Gasteiger partial charge < -0.3 is 15.1 Å². The molecular formula is C14H25N3O2. The van der Waals surface area contributed by atoms with Gasteiger partial charge in [0.2, 0.25) is 11.8 Å². The molecule has 0 aromatic carbocycles. The summed E-state index contributed by atoms with van der Waals surface area (Å²) in [6.45, 7) is 5.20. The van der Waals surface area contributed by atoms with Crippen LogP contribution in [0.15, 0.2) is 0 Å². The Kier molecular flexibility index (Phi) is 4.13. The summed E-state index contributed by atoms with van der Waals surface area (Å²) in [6, 6.07) is 0. The Morgan fingerprint density at radius 1 is 1.26 bits per heavy atom. The molecule has 1 unspecified atom stereocenters. The minimum atomic E-state index is -0.238. The fraction of sp³-hybridized carbons (Fsp3) is 0.857. The van der Waals surface area contributed by atoms with Gasteiger partial charge in [0, 0.05) is 39.6 Å². The topological polar surface area (TPSA) is 52.7 Å². The molecule has 2 rings (SSSR count). The number of hydrogen-bond donors (Lipinski definition) is 1. The lowest BCUT2D eigenvalue weighted by Crippen LogP contribution is -2.48. The zero-order chi connectivity index (χ0) is 14.0. The highest BCUT2D eigenvalue weighted by atomic mass is 16.2. The molecule has 2 aliphatic heterocycles. The van der Waals surface area contributed by atoms with E-state index in [1.807, 2.05) is 11.8 Å². The molecule has 0 radical (unpaired) electrons. The first-order chi connectivity index (χ1) is 8.94. The van der Waals surface area contributed by atoms with Crippen LogP contribution in [0.3, 0.4) is 0 Å². The van der Waals surface area contributed by atoms with Crippen molar-refractivity contribution in [3.8, 4) is 0 Å². The van der Waals surface area contributed by atoms with Gasteiger partial charge in [-0.15, -0.1) is 0 Å². The molecule has 1 N–H and O–H groups in total. The van der Waals surface area contributed by atoms with E-state index in [0.29, 0.717) is 0 Å². The van der Waals surface area contributed by atoms with Gasteiger partial charge in [0.05, 0.1) is 5.41 Å². The summed E-state index contributed by atoms with van der Waals surface area (Å²) in [5.74, 6) is 0.544. The first-order valence-electron chi connectivity index (χ1n) is 7.15. The molecule has 19 heavy (non-hydrogen) atoms. The predicted molar refractivity (Wildman–Crippen MR) is 73.6 cm³/mol. The molecule has 0 spiro atoms. The number of nitrogens with zero attached hydrogens (tertiary/aromatic N) is 2. The number of piperidine rings is 1. The highest BCUT2D eigenvalue weighted by molar-refractivity contribution is 5.84. The molecule has 2 saturated heterocycles. The Morgan fingerprint density at radius 2 is 1.89 bits per heavy atom. The second kappa shape index (κ2) is 5.49. The van der Waals surface area contributed by atoms with Crippen LogP contribution < -0.4 is 5.32 Å². The molecule has 0 aromatic rings. The van der Waals surface area contributed by atoms with Crippen LogP contribution in [0.25, 0.3) is 0 Å². The van der Waals surface area contributed by atoms with E-state index in [1.165, 1.54) is 0 Å². The van der Waals surface area contributed by atoms with E-state index in [9.17, 15) is 9.59 Å². The molecule has 0 saturated carbocycles. The lowest BCUT2D eigenvalue weighted by Gasteiger charge is -2.36. The van der Waals surface area contributed by atoms with E-state index >= 15 is 0 Å². The molecule has 2 amide bonds. The number of carbonyl (C=O) groups is 2. The second-order valence-electron chi connectivity index (χ2n) is 6.29. The average Bonchev–Trinajstić information content (AvgIpc) is 2.85. The van der Waals surface area contributed by atoms with Gasteiger partial charge in [0.15, 0.2) is 0 Å². The largest absolute Gasteiger partial charge is 0.349 e. The minimum absolute atomic E-state index is 0.0913. The summed E-state index contributed by atoms with van der Waals surface area (Å²) in [4.78, 5) is 28.0. The minimum Gasteiger partial charge on any atom is -0.349 e. The molecule has 2 heterocycles. The highest BCUT2D eigenvalue weighted by Crippen LogP contribution is 2.29. The Morgan fingerprint density at radius 3 is 2.37 bits per heavy atom. The van der Waals surface area contributed by atoms with Crippen molar-refractivity contribution < 1.29 is 9.59 Å². The number of carbonyl (C=O) groups excluding carboxylic acids is 2. The van der Waals surface area contributed by atoms with E-state index in [0.717, 1.165) is 45.4 Å². The van der Waals surface area contributed by atoms with E-state index in [2.05, 4.69) is 5.32 Å². The van der Waals surface area contributed by atoms with Gasteiger partial charge in [-0.3, -0.25) is 9.59 Å². The molecule has 5 heteroatoms. The van der Waals surface area contributed by atoms with Crippen LogP contribution >= 0.6 is 0 Å². The fourth-order valence-corrected chi connectivity index (χ4v) is 3.08. The SMILES string of the molecule is CN(C)C(=O)C1CCN(C(=O)C2(C)CCNC2)CC1. The van der Waals surface area contributed by atoms with Gasteiger partial charge in [-0.25, -0.2) is 0 Å². The molecular weight excluding hydrogens is 242 g/mol. The van der Waals surface area contributed by atoms with Crippen LogP contribution in [0.2, 0.25) is 0 Å². The smallest absolute Gasteiger partial charge is 0.229 e. The summed E-state index contributed by atoms with van der Waals surface area (Å²) in [5, 5.41) is 3.27. The first-order valence-corrected chi connectivity index (χ1v) is 7.15. The second-order valence-corrected chi connectivity index (χ2v) is 6.29. The Labute approximate surface area is 115 Å². The number of hydrogen-bond acceptors (Lipinski definition) is 3. The van der Waals surface area contributed by atoms with Crippen LogP contribution in [0.1, 0.15) is 26.2 Å². The van der Waals surface area contributed by atoms with Crippen molar-refractivity contribution in [3.63, 3.8) is 0 Å². The van der Waals surface area contributed by atoms with Gasteiger partial charge in [-0.05, 0) is 32.7 Å². The molecule has 2 aliphatic rings. The van der Waals surface area contributed by atoms with E-state index in [4.69, 9.17) is 0 Å². The number of nitrogens with one attached hydrogen (secondary N) is 1. The molecule has 2 fully saturated rings. The average molecular weight is 267 g/mol. The molecule has 1 atom stereocenters. The molecule has 5 nitrogen and oxygen atoms in total. The van der Waals surface area contributed by atoms with Crippen LogP contribution in [0.4, 0.5) is 0 Å². The Balaban J connectivity index is 1.89. The molecule has 108 valence electrons. The molecule has 0 aliphatic carbocycles. The first kappa shape index (κ1) is 14.3. The fourth-order valence-electron chi connectivity index (χ4n) is 3.08. The van der Waals surface area contributed by atoms with Crippen molar-refractivity contribution in [1.82, 2.24) is 15.1 Å². The lowest BCUT2D eigenvalue weighted by atomic mass is 9.86. The summed E-state index contributed by atoms with van der Waals surface area (Å²) in [7, 11) is 3.59. The molecule has 0 bridgehead atoms. The number of likely N-dealkylation sites (tertiary alicyclic amines) is 1. The summed E-state index contributed by atoms with van der Waals surface area (Å²) in [5.41, 5.74) is -0.238. The van der Waals surface area contributed by atoms with Crippen molar-refractivity contribution >= 4 is 11.8 Å². The quantitative estimate of drug-likeness (QED) is 0.783. The van der Waals surface area contributed by atoms with Crippen LogP contribution in [-0.4, -0.2) is 61.9 Å². The maximum atomic E-state index is 12.5. The highest BCUT2D eigenvalue weighted by Gasteiger charge is 2.40. The van der Waals surface area contributed by atoms with Gasteiger partial charge in [0.25, 0.3) is 0 Å². The zero-order valence-electron chi connectivity index (χ0n) is 12.2. The van der Waals surface area contributed by atoms with Crippen molar-refractivity contribution in [3.05, 3.63) is 0 Å². The van der Waals surface area contributed by atoms with Crippen molar-refractivity contribution in [2.45, 2.75) is 26.2 Å². The summed E-state index contributed by atoms with van der Waals surface area (Å²) < 4.78 is 0. The van der Waals surface area contributed by atoms with E-state index < -0.39 is 0 Å². The Hall–Kier alpha value is -1.10. The van der Waals surface area contributed by atoms with E-state index in [-0.39, 0.29) is 23.1 Å². The van der Waals surface area contributed by atoms with Gasteiger partial charge in [0.1, 0.15) is 0 Å².